The van der Waals surface area contributed by atoms with Gasteiger partial charge in [-0.1, -0.05) is 43.0 Å². The Kier molecular flexibility index (Phi) is 4.84. The van der Waals surface area contributed by atoms with E-state index in [0.29, 0.717) is 18.5 Å². The van der Waals surface area contributed by atoms with Gasteiger partial charge in [0.25, 0.3) is 0 Å². The number of carbonyl (C=O) groups is 1. The second-order valence-electron chi connectivity index (χ2n) is 6.13. The Morgan fingerprint density at radius 3 is 2.60 bits per heavy atom. The lowest BCUT2D eigenvalue weighted by Crippen LogP contribution is -2.36. The Morgan fingerprint density at radius 2 is 1.88 bits per heavy atom. The van der Waals surface area contributed by atoms with Crippen molar-refractivity contribution in [2.45, 2.75) is 26.7 Å². The van der Waals surface area contributed by atoms with Gasteiger partial charge in [0.05, 0.1) is 11.4 Å². The number of benzene rings is 2. The predicted molar refractivity (Wildman–Crippen MR) is 101 cm³/mol. The number of rotatable bonds is 6. The van der Waals surface area contributed by atoms with Crippen LogP contribution in [0, 0.1) is 13.8 Å². The molecular formula is C20H22N4O. The Hall–Kier alpha value is -3.08. The van der Waals surface area contributed by atoms with Crippen LogP contribution in [-0.4, -0.2) is 16.1 Å². The molecule has 0 aliphatic rings. The molecule has 5 heteroatoms. The summed E-state index contributed by atoms with van der Waals surface area (Å²) in [5.41, 5.74) is 10.3. The van der Waals surface area contributed by atoms with E-state index in [1.165, 1.54) is 5.39 Å². The molecule has 0 atom stereocenters. The summed E-state index contributed by atoms with van der Waals surface area (Å²) in [6.07, 6.45) is 1.04. The fourth-order valence-corrected chi connectivity index (χ4v) is 2.84. The summed E-state index contributed by atoms with van der Waals surface area (Å²) in [7, 11) is 0. The maximum atomic E-state index is 12.1. The summed E-state index contributed by atoms with van der Waals surface area (Å²) in [4.78, 5) is 12.1. The van der Waals surface area contributed by atoms with Crippen molar-refractivity contribution in [3.05, 3.63) is 71.6 Å². The highest BCUT2D eigenvalue weighted by molar-refractivity contribution is 5.86. The van der Waals surface area contributed by atoms with Gasteiger partial charge in [0.1, 0.15) is 0 Å². The molecule has 1 aromatic heterocycles. The van der Waals surface area contributed by atoms with Crippen LogP contribution in [-0.2, 0) is 11.2 Å². The molecule has 25 heavy (non-hydrogen) atoms. The highest BCUT2D eigenvalue weighted by atomic mass is 16.2. The largest absolute Gasteiger partial charge is 0.299 e. The van der Waals surface area contributed by atoms with E-state index in [0.717, 1.165) is 27.9 Å². The van der Waals surface area contributed by atoms with Gasteiger partial charge in [-0.05, 0) is 48.2 Å². The third kappa shape index (κ3) is 3.88. The number of hydrazine groups is 1. The lowest BCUT2D eigenvalue weighted by atomic mass is 10.1. The fraction of sp³-hybridized carbons (Fsp3) is 0.200. The number of hydrogen-bond acceptors (Lipinski definition) is 3. The van der Waals surface area contributed by atoms with E-state index in [-0.39, 0.29) is 5.91 Å². The van der Waals surface area contributed by atoms with Crippen LogP contribution in [0.15, 0.2) is 49.0 Å². The molecule has 1 heterocycles. The lowest BCUT2D eigenvalue weighted by Gasteiger charge is -2.12. The number of fused-ring (bicyclic) bond motifs is 1. The van der Waals surface area contributed by atoms with E-state index in [1.54, 1.807) is 0 Å². The average molecular weight is 334 g/mol. The summed E-state index contributed by atoms with van der Waals surface area (Å²) in [5.74, 6) is -0.0815. The number of H-pyrrole nitrogens is 1. The molecule has 0 saturated carbocycles. The van der Waals surface area contributed by atoms with Crippen LogP contribution in [0.1, 0.15) is 28.9 Å². The van der Waals surface area contributed by atoms with Crippen LogP contribution in [0.4, 0.5) is 0 Å². The summed E-state index contributed by atoms with van der Waals surface area (Å²) in [6.45, 7) is 7.91. The van der Waals surface area contributed by atoms with Crippen molar-refractivity contribution >= 4 is 22.4 Å². The first-order valence-electron chi connectivity index (χ1n) is 8.28. The second kappa shape index (κ2) is 7.21. The molecule has 0 aliphatic carbocycles. The van der Waals surface area contributed by atoms with Crippen molar-refractivity contribution in [2.24, 2.45) is 0 Å². The molecule has 0 saturated heterocycles. The molecule has 0 aliphatic heterocycles. The Labute approximate surface area is 147 Å². The Morgan fingerprint density at radius 1 is 1.12 bits per heavy atom. The monoisotopic (exact) mass is 334 g/mol. The summed E-state index contributed by atoms with van der Waals surface area (Å²) < 4.78 is 0. The number of nitrogens with zero attached hydrogens (tertiary/aromatic N) is 1. The first-order valence-corrected chi connectivity index (χ1v) is 8.28. The third-order valence-corrected chi connectivity index (χ3v) is 4.33. The van der Waals surface area contributed by atoms with Crippen LogP contribution in [0.25, 0.3) is 16.5 Å². The fourth-order valence-electron chi connectivity index (χ4n) is 2.84. The number of hydrogen-bond donors (Lipinski definition) is 3. The molecule has 3 N–H and O–H groups in total. The summed E-state index contributed by atoms with van der Waals surface area (Å²) in [6, 6.07) is 14.2. The molecule has 3 aromatic rings. The van der Waals surface area contributed by atoms with Crippen molar-refractivity contribution in [3.63, 3.8) is 0 Å². The lowest BCUT2D eigenvalue weighted by molar-refractivity contribution is -0.121. The standard InChI is InChI=1S/C20H22N4O/c1-13(17-9-8-16-6-4-5-7-18(16)12-17)21-24-20(25)11-10-19-14(2)22-23-15(19)3/h4-9,12,21H,1,10-11H2,2-3H3,(H,22,23)(H,24,25). The van der Waals surface area contributed by atoms with Gasteiger partial charge >= 0.3 is 0 Å². The van der Waals surface area contributed by atoms with Crippen LogP contribution in [0.2, 0.25) is 0 Å². The van der Waals surface area contributed by atoms with E-state index in [2.05, 4.69) is 45.8 Å². The van der Waals surface area contributed by atoms with Gasteiger partial charge in [-0.15, -0.1) is 0 Å². The van der Waals surface area contributed by atoms with E-state index in [4.69, 9.17) is 0 Å². The molecular weight excluding hydrogens is 312 g/mol. The van der Waals surface area contributed by atoms with Gasteiger partial charge in [-0.25, -0.2) is 0 Å². The Bertz CT molecular complexity index is 907. The number of amides is 1. The van der Waals surface area contributed by atoms with E-state index < -0.39 is 0 Å². The molecule has 1 amide bonds. The Balaban J connectivity index is 1.55. The number of aryl methyl sites for hydroxylation is 2. The van der Waals surface area contributed by atoms with Crippen molar-refractivity contribution in [1.82, 2.24) is 21.0 Å². The van der Waals surface area contributed by atoms with Crippen molar-refractivity contribution in [1.29, 1.82) is 0 Å². The summed E-state index contributed by atoms with van der Waals surface area (Å²) >= 11 is 0. The minimum atomic E-state index is -0.0815. The first-order chi connectivity index (χ1) is 12.0. The van der Waals surface area contributed by atoms with Gasteiger partial charge < -0.3 is 0 Å². The number of aromatic amines is 1. The summed E-state index contributed by atoms with van der Waals surface area (Å²) in [5, 5.41) is 9.40. The van der Waals surface area contributed by atoms with Crippen molar-refractivity contribution in [2.75, 3.05) is 0 Å². The number of aromatic nitrogens is 2. The molecule has 128 valence electrons. The van der Waals surface area contributed by atoms with Gasteiger partial charge in [0.2, 0.25) is 5.91 Å². The smallest absolute Gasteiger partial charge is 0.238 e. The van der Waals surface area contributed by atoms with Gasteiger partial charge in [-0.3, -0.25) is 20.7 Å². The van der Waals surface area contributed by atoms with Gasteiger partial charge in [0.15, 0.2) is 0 Å². The van der Waals surface area contributed by atoms with Gasteiger partial charge in [-0.2, -0.15) is 5.10 Å². The van der Waals surface area contributed by atoms with Crippen molar-refractivity contribution in [3.8, 4) is 0 Å². The third-order valence-electron chi connectivity index (χ3n) is 4.33. The van der Waals surface area contributed by atoms with Gasteiger partial charge in [0, 0.05) is 12.1 Å². The number of carbonyl (C=O) groups excluding carboxylic acids is 1. The SMILES string of the molecule is C=C(NNC(=O)CCc1c(C)n[nH]c1C)c1ccc2ccccc2c1. The van der Waals surface area contributed by atoms with E-state index in [1.807, 2.05) is 38.1 Å². The molecule has 3 rings (SSSR count). The van der Waals surface area contributed by atoms with Crippen LogP contribution >= 0.6 is 0 Å². The van der Waals surface area contributed by atoms with Crippen molar-refractivity contribution < 1.29 is 4.79 Å². The maximum absolute atomic E-state index is 12.1. The zero-order chi connectivity index (χ0) is 17.8. The zero-order valence-corrected chi connectivity index (χ0v) is 14.5. The maximum Gasteiger partial charge on any atom is 0.238 e. The molecule has 0 fully saturated rings. The minimum Gasteiger partial charge on any atom is -0.299 e. The molecule has 0 bridgehead atoms. The van der Waals surface area contributed by atoms with Crippen LogP contribution in [0.5, 0.6) is 0 Å². The zero-order valence-electron chi connectivity index (χ0n) is 14.5. The minimum absolute atomic E-state index is 0.0815. The molecule has 2 aromatic carbocycles. The normalized spacial score (nSPS) is 10.6. The quantitative estimate of drug-likeness (QED) is 0.605. The highest BCUT2D eigenvalue weighted by Crippen LogP contribution is 2.18. The van der Waals surface area contributed by atoms with Crippen LogP contribution in [0.3, 0.4) is 0 Å². The molecule has 5 nitrogen and oxygen atoms in total. The molecule has 0 radical (unpaired) electrons. The predicted octanol–water partition coefficient (Wildman–Crippen LogP) is 3.40. The second-order valence-corrected chi connectivity index (χ2v) is 6.13. The molecule has 0 unspecified atom stereocenters. The number of nitrogens with one attached hydrogen (secondary N) is 3. The highest BCUT2D eigenvalue weighted by Gasteiger charge is 2.09. The van der Waals surface area contributed by atoms with E-state index in [9.17, 15) is 4.79 Å². The molecule has 0 spiro atoms. The van der Waals surface area contributed by atoms with E-state index >= 15 is 0 Å². The topological polar surface area (TPSA) is 69.8 Å². The van der Waals surface area contributed by atoms with Crippen LogP contribution < -0.4 is 10.9 Å². The first kappa shape index (κ1) is 16.8. The average Bonchev–Trinajstić information content (AvgIpc) is 2.95.